The standard InChI is InChI=1S/C9H14N2O/c10-4-7-2-1-3-9(7)11-5-8(12)6-11/h7-9,12H,1-3,5-6H2. The molecule has 0 aromatic heterocycles. The molecule has 0 aromatic rings. The molecule has 2 unspecified atom stereocenters. The minimum atomic E-state index is -0.134. The molecule has 2 fully saturated rings. The Bertz CT molecular complexity index is 205. The van der Waals surface area contributed by atoms with E-state index in [1.54, 1.807) is 0 Å². The van der Waals surface area contributed by atoms with Crippen molar-refractivity contribution in [3.05, 3.63) is 0 Å². The van der Waals surface area contributed by atoms with Gasteiger partial charge in [-0.05, 0) is 12.8 Å². The molecule has 1 saturated heterocycles. The lowest BCUT2D eigenvalue weighted by Gasteiger charge is -2.41. The number of likely N-dealkylation sites (tertiary alicyclic amines) is 1. The Morgan fingerprint density at radius 1 is 1.33 bits per heavy atom. The maximum atomic E-state index is 9.11. The predicted molar refractivity (Wildman–Crippen MR) is 44.3 cm³/mol. The lowest BCUT2D eigenvalue weighted by Crippen LogP contribution is -2.56. The summed E-state index contributed by atoms with van der Waals surface area (Å²) in [5.74, 6) is 0.220. The molecule has 0 spiro atoms. The summed E-state index contributed by atoms with van der Waals surface area (Å²) in [6.45, 7) is 1.56. The van der Waals surface area contributed by atoms with Crippen LogP contribution in [0.3, 0.4) is 0 Å². The molecule has 1 N–H and O–H groups in total. The second-order valence-electron chi connectivity index (χ2n) is 3.84. The third kappa shape index (κ3) is 1.21. The normalized spacial score (nSPS) is 37.7. The highest BCUT2D eigenvalue weighted by Gasteiger charge is 2.37. The van der Waals surface area contributed by atoms with E-state index in [0.717, 1.165) is 25.9 Å². The molecule has 1 heterocycles. The molecule has 1 saturated carbocycles. The highest BCUT2D eigenvalue weighted by Crippen LogP contribution is 2.31. The second kappa shape index (κ2) is 3.04. The van der Waals surface area contributed by atoms with Gasteiger partial charge in [-0.15, -0.1) is 0 Å². The lowest BCUT2D eigenvalue weighted by molar-refractivity contribution is -0.0289. The number of aliphatic hydroxyl groups is 1. The monoisotopic (exact) mass is 166 g/mol. The molecule has 0 bridgehead atoms. The minimum Gasteiger partial charge on any atom is -0.390 e. The molecule has 0 radical (unpaired) electrons. The van der Waals surface area contributed by atoms with E-state index in [9.17, 15) is 0 Å². The fourth-order valence-corrected chi connectivity index (χ4v) is 2.29. The SMILES string of the molecule is N#CC1CCCC1N1CC(O)C1. The highest BCUT2D eigenvalue weighted by atomic mass is 16.3. The van der Waals surface area contributed by atoms with E-state index < -0.39 is 0 Å². The first-order chi connectivity index (χ1) is 5.81. The van der Waals surface area contributed by atoms with Gasteiger partial charge in [0.25, 0.3) is 0 Å². The van der Waals surface area contributed by atoms with Crippen molar-refractivity contribution in [3.63, 3.8) is 0 Å². The molecule has 2 rings (SSSR count). The van der Waals surface area contributed by atoms with Crippen molar-refractivity contribution in [3.8, 4) is 6.07 Å². The van der Waals surface area contributed by atoms with Gasteiger partial charge in [0, 0.05) is 19.1 Å². The average Bonchev–Trinajstić information content (AvgIpc) is 2.45. The summed E-state index contributed by atoms with van der Waals surface area (Å²) in [7, 11) is 0. The van der Waals surface area contributed by atoms with E-state index in [1.807, 2.05) is 0 Å². The van der Waals surface area contributed by atoms with Crippen LogP contribution in [0.5, 0.6) is 0 Å². The van der Waals surface area contributed by atoms with Crippen LogP contribution in [-0.2, 0) is 0 Å². The van der Waals surface area contributed by atoms with Gasteiger partial charge >= 0.3 is 0 Å². The fraction of sp³-hybridized carbons (Fsp3) is 0.889. The van der Waals surface area contributed by atoms with Gasteiger partial charge < -0.3 is 5.11 Å². The number of hydrogen-bond donors (Lipinski definition) is 1. The summed E-state index contributed by atoms with van der Waals surface area (Å²) < 4.78 is 0. The van der Waals surface area contributed by atoms with Crippen LogP contribution in [0.15, 0.2) is 0 Å². The van der Waals surface area contributed by atoms with Gasteiger partial charge in [0.05, 0.1) is 18.1 Å². The van der Waals surface area contributed by atoms with Crippen LogP contribution in [-0.4, -0.2) is 35.2 Å². The summed E-state index contributed by atoms with van der Waals surface area (Å²) in [5, 5.41) is 17.9. The van der Waals surface area contributed by atoms with Crippen LogP contribution in [0.1, 0.15) is 19.3 Å². The Balaban J connectivity index is 1.91. The van der Waals surface area contributed by atoms with Crippen LogP contribution in [0, 0.1) is 17.2 Å². The summed E-state index contributed by atoms with van der Waals surface area (Å²) in [5.41, 5.74) is 0. The Hall–Kier alpha value is -0.590. The summed E-state index contributed by atoms with van der Waals surface area (Å²) in [4.78, 5) is 2.24. The van der Waals surface area contributed by atoms with Crippen molar-refractivity contribution in [2.24, 2.45) is 5.92 Å². The van der Waals surface area contributed by atoms with Crippen molar-refractivity contribution in [1.29, 1.82) is 5.26 Å². The second-order valence-corrected chi connectivity index (χ2v) is 3.84. The Morgan fingerprint density at radius 2 is 2.08 bits per heavy atom. The van der Waals surface area contributed by atoms with Gasteiger partial charge in [0.2, 0.25) is 0 Å². The molecule has 1 aliphatic heterocycles. The first kappa shape index (κ1) is 8.03. The zero-order chi connectivity index (χ0) is 8.55. The van der Waals surface area contributed by atoms with Crippen molar-refractivity contribution in [2.75, 3.05) is 13.1 Å². The average molecular weight is 166 g/mol. The van der Waals surface area contributed by atoms with Crippen LogP contribution in [0.2, 0.25) is 0 Å². The van der Waals surface area contributed by atoms with E-state index in [4.69, 9.17) is 10.4 Å². The molecule has 1 aliphatic carbocycles. The van der Waals surface area contributed by atoms with Gasteiger partial charge in [-0.1, -0.05) is 6.42 Å². The number of nitriles is 1. The van der Waals surface area contributed by atoms with Gasteiger partial charge in [-0.3, -0.25) is 4.90 Å². The Morgan fingerprint density at radius 3 is 2.67 bits per heavy atom. The van der Waals surface area contributed by atoms with E-state index in [-0.39, 0.29) is 12.0 Å². The predicted octanol–water partition coefficient (Wildman–Crippen LogP) is 0.355. The third-order valence-corrected chi connectivity index (χ3v) is 3.00. The third-order valence-electron chi connectivity index (χ3n) is 3.00. The van der Waals surface area contributed by atoms with Crippen molar-refractivity contribution < 1.29 is 5.11 Å². The molecular weight excluding hydrogens is 152 g/mol. The van der Waals surface area contributed by atoms with E-state index >= 15 is 0 Å². The molecule has 2 aliphatic rings. The number of aliphatic hydroxyl groups excluding tert-OH is 1. The van der Waals surface area contributed by atoms with E-state index in [0.29, 0.717) is 6.04 Å². The Labute approximate surface area is 72.6 Å². The zero-order valence-corrected chi connectivity index (χ0v) is 7.11. The molecule has 66 valence electrons. The summed E-state index contributed by atoms with van der Waals surface area (Å²) in [6.07, 6.45) is 3.23. The van der Waals surface area contributed by atoms with Crippen LogP contribution < -0.4 is 0 Å². The molecule has 3 nitrogen and oxygen atoms in total. The van der Waals surface area contributed by atoms with Crippen LogP contribution in [0.4, 0.5) is 0 Å². The van der Waals surface area contributed by atoms with Gasteiger partial charge in [-0.2, -0.15) is 5.26 Å². The first-order valence-corrected chi connectivity index (χ1v) is 4.63. The first-order valence-electron chi connectivity index (χ1n) is 4.63. The summed E-state index contributed by atoms with van der Waals surface area (Å²) in [6, 6.07) is 2.80. The van der Waals surface area contributed by atoms with Gasteiger partial charge in [-0.25, -0.2) is 0 Å². The molecule has 3 heteroatoms. The van der Waals surface area contributed by atoms with E-state index in [2.05, 4.69) is 11.0 Å². The minimum absolute atomic E-state index is 0.134. The zero-order valence-electron chi connectivity index (χ0n) is 7.11. The topological polar surface area (TPSA) is 47.3 Å². The van der Waals surface area contributed by atoms with Crippen molar-refractivity contribution in [2.45, 2.75) is 31.4 Å². The smallest absolute Gasteiger partial charge is 0.0794 e. The van der Waals surface area contributed by atoms with Crippen LogP contribution in [0.25, 0.3) is 0 Å². The molecule has 2 atom stereocenters. The molecular formula is C9H14N2O. The molecule has 0 aromatic carbocycles. The van der Waals surface area contributed by atoms with Crippen LogP contribution >= 0.6 is 0 Å². The van der Waals surface area contributed by atoms with Crippen molar-refractivity contribution >= 4 is 0 Å². The van der Waals surface area contributed by atoms with E-state index in [1.165, 1.54) is 6.42 Å². The van der Waals surface area contributed by atoms with Gasteiger partial charge in [0.15, 0.2) is 0 Å². The summed E-state index contributed by atoms with van der Waals surface area (Å²) >= 11 is 0. The largest absolute Gasteiger partial charge is 0.390 e. The lowest BCUT2D eigenvalue weighted by atomic mass is 9.99. The number of rotatable bonds is 1. The quantitative estimate of drug-likeness (QED) is 0.611. The highest BCUT2D eigenvalue weighted by molar-refractivity contribution is 5.00. The number of hydrogen-bond acceptors (Lipinski definition) is 3. The Kier molecular flexibility index (Phi) is 2.03. The van der Waals surface area contributed by atoms with Crippen molar-refractivity contribution in [1.82, 2.24) is 4.90 Å². The maximum absolute atomic E-state index is 9.11. The number of nitrogens with zero attached hydrogens (tertiary/aromatic N) is 2. The number of β-amino-alcohol motifs (C(OH)–C–C–N with tert-alkyl or cyclic N) is 1. The van der Waals surface area contributed by atoms with Gasteiger partial charge in [0.1, 0.15) is 0 Å². The maximum Gasteiger partial charge on any atom is 0.0794 e. The molecule has 0 amide bonds. The molecule has 12 heavy (non-hydrogen) atoms. The fourth-order valence-electron chi connectivity index (χ4n) is 2.29.